The van der Waals surface area contributed by atoms with Gasteiger partial charge in [0.2, 0.25) is 0 Å². The van der Waals surface area contributed by atoms with E-state index in [1.165, 1.54) is 62.9 Å². The maximum absolute atomic E-state index is 2.34. The molecule has 0 radical (unpaired) electrons. The number of thioether (sulfide) groups is 3. The van der Waals surface area contributed by atoms with Crippen LogP contribution in [0.1, 0.15) is 58.3 Å². The van der Waals surface area contributed by atoms with Crippen LogP contribution in [0.3, 0.4) is 0 Å². The lowest BCUT2D eigenvalue weighted by atomic mass is 9.90. The van der Waals surface area contributed by atoms with Crippen LogP contribution in [-0.2, 0) is 0 Å². The van der Waals surface area contributed by atoms with Gasteiger partial charge in [0.15, 0.2) is 0 Å². The smallest absolute Gasteiger partial charge is 0.0157 e. The Labute approximate surface area is 128 Å². The molecule has 0 aliphatic carbocycles. The molecule has 0 saturated carbocycles. The van der Waals surface area contributed by atoms with E-state index in [1.807, 2.05) is 23.5 Å². The number of unbranched alkanes of at least 4 members (excludes halogenated alkanes) is 2. The van der Waals surface area contributed by atoms with Gasteiger partial charge in [-0.15, -0.1) is 0 Å². The van der Waals surface area contributed by atoms with Gasteiger partial charge in [-0.3, -0.25) is 0 Å². The average molecular weight is 309 g/mol. The van der Waals surface area contributed by atoms with Crippen LogP contribution in [0.4, 0.5) is 0 Å². The van der Waals surface area contributed by atoms with Gasteiger partial charge in [0, 0.05) is 4.75 Å². The molecular formula is C15H32S3. The lowest BCUT2D eigenvalue weighted by Gasteiger charge is -2.32. The third-order valence-corrected chi connectivity index (χ3v) is 6.50. The van der Waals surface area contributed by atoms with E-state index in [2.05, 4.69) is 37.5 Å². The number of rotatable bonds is 13. The van der Waals surface area contributed by atoms with Crippen molar-refractivity contribution in [3.8, 4) is 0 Å². The van der Waals surface area contributed by atoms with Gasteiger partial charge in [0.1, 0.15) is 0 Å². The quantitative estimate of drug-likeness (QED) is 0.386. The first-order valence-corrected chi connectivity index (χ1v) is 11.3. The Morgan fingerprint density at radius 2 is 1.28 bits per heavy atom. The second-order valence-electron chi connectivity index (χ2n) is 5.04. The minimum atomic E-state index is 0.587. The Morgan fingerprint density at radius 3 is 1.83 bits per heavy atom. The van der Waals surface area contributed by atoms with E-state index in [4.69, 9.17) is 0 Å². The molecule has 0 bridgehead atoms. The fourth-order valence-corrected chi connectivity index (χ4v) is 4.38. The fourth-order valence-electron chi connectivity index (χ4n) is 2.41. The topological polar surface area (TPSA) is 0 Å². The molecule has 0 rings (SSSR count). The maximum atomic E-state index is 2.34. The lowest BCUT2D eigenvalue weighted by Crippen LogP contribution is -2.25. The molecule has 1 unspecified atom stereocenters. The molecule has 3 heteroatoms. The molecular weight excluding hydrogens is 276 g/mol. The van der Waals surface area contributed by atoms with Gasteiger partial charge in [-0.1, -0.05) is 26.2 Å². The van der Waals surface area contributed by atoms with Crippen molar-refractivity contribution in [2.45, 2.75) is 63.0 Å². The van der Waals surface area contributed by atoms with Gasteiger partial charge in [0.25, 0.3) is 0 Å². The molecule has 0 aromatic heterocycles. The molecule has 0 fully saturated rings. The minimum absolute atomic E-state index is 0.587. The molecule has 1 atom stereocenters. The largest absolute Gasteiger partial charge is 0.165 e. The predicted octanol–water partition coefficient (Wildman–Crippen LogP) is 5.95. The molecule has 0 aromatic rings. The standard InChI is InChI=1S/C15H32S3/c1-5-6-10-15(18-4,12-9-14-17-3)11-7-8-13-16-2/h5-14H2,1-4H3. The monoisotopic (exact) mass is 308 g/mol. The highest BCUT2D eigenvalue weighted by molar-refractivity contribution is 8.00. The number of hydrogen-bond acceptors (Lipinski definition) is 3. The van der Waals surface area contributed by atoms with Gasteiger partial charge in [-0.25, -0.2) is 0 Å². The summed E-state index contributed by atoms with van der Waals surface area (Å²) in [7, 11) is 0. The second-order valence-corrected chi connectivity index (χ2v) is 8.28. The van der Waals surface area contributed by atoms with Crippen LogP contribution in [0.2, 0.25) is 0 Å². The summed E-state index contributed by atoms with van der Waals surface area (Å²) in [6, 6.07) is 0. The molecule has 0 aliphatic rings. The van der Waals surface area contributed by atoms with E-state index < -0.39 is 0 Å². The van der Waals surface area contributed by atoms with Crippen LogP contribution in [-0.4, -0.2) is 35.0 Å². The normalized spacial score (nSPS) is 14.7. The Hall–Kier alpha value is 1.05. The molecule has 0 spiro atoms. The SMILES string of the molecule is CCCCC(CCCCSC)(CCCSC)SC. The minimum Gasteiger partial charge on any atom is -0.165 e. The highest BCUT2D eigenvalue weighted by atomic mass is 32.2. The third kappa shape index (κ3) is 9.03. The molecule has 110 valence electrons. The highest BCUT2D eigenvalue weighted by Crippen LogP contribution is 2.39. The Morgan fingerprint density at radius 1 is 0.722 bits per heavy atom. The van der Waals surface area contributed by atoms with Crippen LogP contribution in [0.5, 0.6) is 0 Å². The molecule has 0 heterocycles. The molecule has 0 aliphatic heterocycles. The maximum Gasteiger partial charge on any atom is 0.0157 e. The van der Waals surface area contributed by atoms with Crippen LogP contribution < -0.4 is 0 Å². The molecule has 0 nitrogen and oxygen atoms in total. The first kappa shape index (κ1) is 19.1. The Balaban J connectivity index is 4.15. The molecule has 18 heavy (non-hydrogen) atoms. The first-order valence-electron chi connectivity index (χ1n) is 7.27. The summed E-state index contributed by atoms with van der Waals surface area (Å²) in [5.74, 6) is 2.67. The second kappa shape index (κ2) is 13.1. The van der Waals surface area contributed by atoms with Crippen LogP contribution in [0.15, 0.2) is 0 Å². The third-order valence-electron chi connectivity index (χ3n) is 3.63. The van der Waals surface area contributed by atoms with E-state index in [9.17, 15) is 0 Å². The summed E-state index contributed by atoms with van der Waals surface area (Å²) in [4.78, 5) is 0. The zero-order valence-electron chi connectivity index (χ0n) is 12.8. The van der Waals surface area contributed by atoms with E-state index in [1.54, 1.807) is 0 Å². The van der Waals surface area contributed by atoms with E-state index in [0.717, 1.165) is 0 Å². The van der Waals surface area contributed by atoms with E-state index >= 15 is 0 Å². The summed E-state index contributed by atoms with van der Waals surface area (Å²) in [6.07, 6.45) is 18.0. The Kier molecular flexibility index (Phi) is 13.8. The molecule has 0 saturated heterocycles. The molecule has 0 amide bonds. The van der Waals surface area contributed by atoms with E-state index in [-0.39, 0.29) is 0 Å². The lowest BCUT2D eigenvalue weighted by molar-refractivity contribution is 0.436. The summed E-state index contributed by atoms with van der Waals surface area (Å²) in [5, 5.41) is 0. The first-order chi connectivity index (χ1) is 8.74. The summed E-state index contributed by atoms with van der Waals surface area (Å²) >= 11 is 6.13. The predicted molar refractivity (Wildman–Crippen MR) is 95.6 cm³/mol. The van der Waals surface area contributed by atoms with Crippen molar-refractivity contribution in [2.75, 3.05) is 30.3 Å². The van der Waals surface area contributed by atoms with Crippen LogP contribution in [0, 0.1) is 0 Å². The van der Waals surface area contributed by atoms with Crippen molar-refractivity contribution in [1.82, 2.24) is 0 Å². The van der Waals surface area contributed by atoms with Crippen LogP contribution in [0.25, 0.3) is 0 Å². The van der Waals surface area contributed by atoms with Crippen molar-refractivity contribution >= 4 is 35.3 Å². The van der Waals surface area contributed by atoms with Crippen molar-refractivity contribution in [3.63, 3.8) is 0 Å². The Bertz CT molecular complexity index is 173. The summed E-state index contributed by atoms with van der Waals surface area (Å²) < 4.78 is 0.587. The number of hydrogen-bond donors (Lipinski definition) is 0. The molecule has 0 N–H and O–H groups in total. The highest BCUT2D eigenvalue weighted by Gasteiger charge is 2.27. The van der Waals surface area contributed by atoms with Crippen molar-refractivity contribution in [3.05, 3.63) is 0 Å². The fraction of sp³-hybridized carbons (Fsp3) is 1.00. The average Bonchev–Trinajstić information content (AvgIpc) is 2.40. The van der Waals surface area contributed by atoms with Crippen molar-refractivity contribution in [1.29, 1.82) is 0 Å². The van der Waals surface area contributed by atoms with Crippen LogP contribution >= 0.6 is 35.3 Å². The van der Waals surface area contributed by atoms with Gasteiger partial charge < -0.3 is 0 Å². The van der Waals surface area contributed by atoms with Crippen molar-refractivity contribution in [2.24, 2.45) is 0 Å². The van der Waals surface area contributed by atoms with E-state index in [0.29, 0.717) is 4.75 Å². The summed E-state index contributed by atoms with van der Waals surface area (Å²) in [5.41, 5.74) is 0. The zero-order valence-corrected chi connectivity index (χ0v) is 15.2. The zero-order chi connectivity index (χ0) is 13.7. The van der Waals surface area contributed by atoms with Gasteiger partial charge >= 0.3 is 0 Å². The van der Waals surface area contributed by atoms with Gasteiger partial charge in [-0.2, -0.15) is 35.3 Å². The molecule has 0 aromatic carbocycles. The van der Waals surface area contributed by atoms with Crippen molar-refractivity contribution < 1.29 is 0 Å². The summed E-state index contributed by atoms with van der Waals surface area (Å²) in [6.45, 7) is 2.32. The van der Waals surface area contributed by atoms with Gasteiger partial charge in [-0.05, 0) is 62.4 Å². The van der Waals surface area contributed by atoms with Gasteiger partial charge in [0.05, 0.1) is 0 Å².